The SMILES string of the molecule is CCOc1ccc(I(Cl)c2ccccc2C)cc1. The van der Waals surface area contributed by atoms with Gasteiger partial charge in [0.05, 0.1) is 0 Å². The predicted molar refractivity (Wildman–Crippen MR) is 86.1 cm³/mol. The number of rotatable bonds is 4. The molecule has 0 aliphatic rings. The van der Waals surface area contributed by atoms with Gasteiger partial charge in [0.1, 0.15) is 0 Å². The van der Waals surface area contributed by atoms with Gasteiger partial charge in [-0.2, -0.15) is 0 Å². The first-order valence-corrected chi connectivity index (χ1v) is 10.8. The summed E-state index contributed by atoms with van der Waals surface area (Å²) >= 11 is -1.77. The maximum atomic E-state index is 6.68. The van der Waals surface area contributed by atoms with E-state index in [9.17, 15) is 0 Å². The summed E-state index contributed by atoms with van der Waals surface area (Å²) in [5, 5.41) is 0. The molecule has 96 valence electrons. The van der Waals surface area contributed by atoms with Crippen LogP contribution in [0.15, 0.2) is 48.5 Å². The number of aryl methyl sites for hydroxylation is 1. The molecule has 0 unspecified atom stereocenters. The van der Waals surface area contributed by atoms with Crippen LogP contribution < -0.4 is 4.74 Å². The molecule has 18 heavy (non-hydrogen) atoms. The molecule has 1 nitrogen and oxygen atoms in total. The van der Waals surface area contributed by atoms with E-state index in [4.69, 9.17) is 13.6 Å². The van der Waals surface area contributed by atoms with Gasteiger partial charge < -0.3 is 0 Å². The van der Waals surface area contributed by atoms with Crippen LogP contribution in [0.3, 0.4) is 0 Å². The summed E-state index contributed by atoms with van der Waals surface area (Å²) in [6.07, 6.45) is 0. The molecule has 0 bridgehead atoms. The maximum absolute atomic E-state index is 6.68. The van der Waals surface area contributed by atoms with Gasteiger partial charge in [-0.1, -0.05) is 0 Å². The fraction of sp³-hybridized carbons (Fsp3) is 0.200. The monoisotopic (exact) mass is 374 g/mol. The van der Waals surface area contributed by atoms with E-state index in [2.05, 4.69) is 43.3 Å². The predicted octanol–water partition coefficient (Wildman–Crippen LogP) is 5.09. The fourth-order valence-corrected chi connectivity index (χ4v) is 6.49. The topological polar surface area (TPSA) is 9.23 Å². The third-order valence-electron chi connectivity index (χ3n) is 2.57. The molecule has 0 aromatic heterocycles. The van der Waals surface area contributed by atoms with Crippen LogP contribution in [0.5, 0.6) is 5.75 Å². The van der Waals surface area contributed by atoms with Crippen molar-refractivity contribution in [3.8, 4) is 5.75 Å². The van der Waals surface area contributed by atoms with Crippen LogP contribution in [0.25, 0.3) is 0 Å². The Morgan fingerprint density at radius 2 is 1.72 bits per heavy atom. The summed E-state index contributed by atoms with van der Waals surface area (Å²) in [6.45, 7) is 4.80. The van der Waals surface area contributed by atoms with Crippen LogP contribution in [0.1, 0.15) is 12.5 Å². The van der Waals surface area contributed by atoms with Crippen LogP contribution in [0, 0.1) is 14.1 Å². The number of hydrogen-bond acceptors (Lipinski definition) is 1. The zero-order valence-corrected chi connectivity index (χ0v) is 13.4. The minimum absolute atomic E-state index is 0.695. The molecule has 3 heteroatoms. The van der Waals surface area contributed by atoms with E-state index < -0.39 is 18.7 Å². The number of halogens is 2. The second-order valence-electron chi connectivity index (χ2n) is 3.87. The van der Waals surface area contributed by atoms with Crippen LogP contribution in [-0.4, -0.2) is 6.61 Å². The van der Waals surface area contributed by atoms with Gasteiger partial charge in [-0.3, -0.25) is 0 Å². The molecule has 0 saturated heterocycles. The standard InChI is InChI=1S/C15H16ClIO/c1-3-18-14-10-8-13(9-11-14)17(16)15-7-5-4-6-12(15)2/h4-11H,3H2,1-2H3. The summed E-state index contributed by atoms with van der Waals surface area (Å²) in [4.78, 5) is 0. The first-order chi connectivity index (χ1) is 8.72. The van der Waals surface area contributed by atoms with Crippen molar-refractivity contribution in [1.29, 1.82) is 0 Å². The molecule has 2 rings (SSSR count). The molecule has 0 fully saturated rings. The summed E-state index contributed by atoms with van der Waals surface area (Å²) in [5.74, 6) is 0.909. The van der Waals surface area contributed by atoms with Gasteiger partial charge in [0.15, 0.2) is 0 Å². The van der Waals surface area contributed by atoms with Crippen LogP contribution in [0.2, 0.25) is 0 Å². The first kappa shape index (κ1) is 13.7. The average molecular weight is 375 g/mol. The van der Waals surface area contributed by atoms with Crippen molar-refractivity contribution >= 4 is 27.6 Å². The zero-order valence-electron chi connectivity index (χ0n) is 10.5. The Hall–Kier alpha value is -0.740. The van der Waals surface area contributed by atoms with Gasteiger partial charge in [0.25, 0.3) is 0 Å². The summed E-state index contributed by atoms with van der Waals surface area (Å²) in [7, 11) is 6.68. The molecule has 0 aliphatic heterocycles. The van der Waals surface area contributed by atoms with Crippen molar-refractivity contribution < 1.29 is 4.74 Å². The van der Waals surface area contributed by atoms with Crippen molar-refractivity contribution in [3.63, 3.8) is 0 Å². The van der Waals surface area contributed by atoms with Gasteiger partial charge in [0.2, 0.25) is 0 Å². The molecule has 2 aromatic carbocycles. The third kappa shape index (κ3) is 3.18. The van der Waals surface area contributed by atoms with Crippen molar-refractivity contribution in [1.82, 2.24) is 0 Å². The molecule has 2 aromatic rings. The number of hydrogen-bond donors (Lipinski definition) is 0. The van der Waals surface area contributed by atoms with Crippen LogP contribution in [-0.2, 0) is 0 Å². The fourth-order valence-electron chi connectivity index (χ4n) is 1.66. The van der Waals surface area contributed by atoms with Gasteiger partial charge in [0, 0.05) is 0 Å². The molecule has 0 heterocycles. The molecular formula is C15H16ClIO. The van der Waals surface area contributed by atoms with Gasteiger partial charge in [-0.05, 0) is 0 Å². The van der Waals surface area contributed by atoms with Crippen molar-refractivity contribution in [3.05, 3.63) is 61.2 Å². The summed E-state index contributed by atoms with van der Waals surface area (Å²) in [5.41, 5.74) is 1.28. The second-order valence-corrected chi connectivity index (χ2v) is 9.55. The Kier molecular flexibility index (Phi) is 4.89. The minimum atomic E-state index is -1.77. The van der Waals surface area contributed by atoms with Crippen molar-refractivity contribution in [2.24, 2.45) is 0 Å². The van der Waals surface area contributed by atoms with Crippen molar-refractivity contribution in [2.45, 2.75) is 13.8 Å². The van der Waals surface area contributed by atoms with Gasteiger partial charge >= 0.3 is 120 Å². The Morgan fingerprint density at radius 1 is 1.06 bits per heavy atom. The summed E-state index contributed by atoms with van der Waals surface area (Å²) < 4.78 is 8.01. The molecule has 0 atom stereocenters. The van der Waals surface area contributed by atoms with E-state index in [0.717, 1.165) is 5.75 Å². The Balaban J connectivity index is 2.23. The average Bonchev–Trinajstić information content (AvgIpc) is 2.40. The number of benzene rings is 2. The van der Waals surface area contributed by atoms with Crippen LogP contribution in [0.4, 0.5) is 0 Å². The third-order valence-corrected chi connectivity index (χ3v) is 8.75. The van der Waals surface area contributed by atoms with Gasteiger partial charge in [-0.25, -0.2) is 0 Å². The van der Waals surface area contributed by atoms with E-state index in [1.165, 1.54) is 12.7 Å². The van der Waals surface area contributed by atoms with Crippen LogP contribution >= 0.6 is 27.6 Å². The molecular weight excluding hydrogens is 359 g/mol. The molecule has 0 amide bonds. The van der Waals surface area contributed by atoms with Gasteiger partial charge in [-0.15, -0.1) is 0 Å². The molecule has 0 aliphatic carbocycles. The van der Waals surface area contributed by atoms with E-state index in [0.29, 0.717) is 6.61 Å². The van der Waals surface area contributed by atoms with E-state index in [1.54, 1.807) is 0 Å². The normalized spacial score (nSPS) is 11.2. The Labute approximate surface area is 119 Å². The zero-order chi connectivity index (χ0) is 13.0. The molecule has 0 N–H and O–H groups in total. The second kappa shape index (κ2) is 6.43. The van der Waals surface area contributed by atoms with E-state index in [-0.39, 0.29) is 0 Å². The molecule has 0 radical (unpaired) electrons. The molecule has 0 saturated carbocycles. The summed E-state index contributed by atoms with van der Waals surface area (Å²) in [6, 6.07) is 16.6. The quantitative estimate of drug-likeness (QED) is 0.677. The Morgan fingerprint density at radius 3 is 2.33 bits per heavy atom. The van der Waals surface area contributed by atoms with E-state index in [1.807, 2.05) is 19.1 Å². The van der Waals surface area contributed by atoms with Crippen molar-refractivity contribution in [2.75, 3.05) is 6.61 Å². The van der Waals surface area contributed by atoms with E-state index >= 15 is 0 Å². The first-order valence-electron chi connectivity index (χ1n) is 5.87. The molecule has 0 spiro atoms. The number of ether oxygens (including phenoxy) is 1. The Bertz CT molecular complexity index is 510.